The number of thioether (sulfide) groups is 1. The van der Waals surface area contributed by atoms with Gasteiger partial charge in [-0.25, -0.2) is 0 Å². The van der Waals surface area contributed by atoms with Crippen molar-refractivity contribution in [3.05, 3.63) is 150 Å². The number of nitrogens with zero attached hydrogens (tertiary/aromatic N) is 3. The minimum absolute atomic E-state index is 0.0372. The Labute approximate surface area is 323 Å². The van der Waals surface area contributed by atoms with E-state index in [-0.39, 0.29) is 18.4 Å². The number of amides is 1. The Morgan fingerprint density at radius 1 is 0.815 bits per heavy atom. The molecule has 3 heterocycles. The van der Waals surface area contributed by atoms with E-state index in [1.165, 1.54) is 5.56 Å². The van der Waals surface area contributed by atoms with Crippen LogP contribution in [0.3, 0.4) is 0 Å². The number of aromatic nitrogens is 1. The van der Waals surface area contributed by atoms with Gasteiger partial charge >= 0.3 is 11.9 Å². The van der Waals surface area contributed by atoms with Crippen molar-refractivity contribution < 1.29 is 24.6 Å². The molecular formula is C42H33N3O6S3. The molecule has 3 aliphatic rings. The zero-order chi connectivity index (χ0) is 37.5. The van der Waals surface area contributed by atoms with Gasteiger partial charge in [-0.2, -0.15) is 0 Å². The Kier molecular flexibility index (Phi) is 9.65. The van der Waals surface area contributed by atoms with E-state index in [9.17, 15) is 29.4 Å². The van der Waals surface area contributed by atoms with Crippen molar-refractivity contribution in [1.29, 1.82) is 0 Å². The molecular weight excluding hydrogens is 739 g/mol. The summed E-state index contributed by atoms with van der Waals surface area (Å²) in [7, 11) is 0. The number of carboxylic acid groups (broad SMARTS) is 2. The molecule has 8 rings (SSSR count). The predicted molar refractivity (Wildman–Crippen MR) is 217 cm³/mol. The number of carbonyl (C=O) groups excluding carboxylic acids is 1. The van der Waals surface area contributed by atoms with E-state index >= 15 is 0 Å². The minimum atomic E-state index is -1.24. The lowest BCUT2D eigenvalue weighted by molar-refractivity contribution is -0.140. The quantitative estimate of drug-likeness (QED) is 0.132. The first kappa shape index (κ1) is 35.5. The van der Waals surface area contributed by atoms with Gasteiger partial charge in [0.2, 0.25) is 0 Å². The molecule has 1 saturated carbocycles. The molecule has 2 unspecified atom stereocenters. The average molecular weight is 772 g/mol. The van der Waals surface area contributed by atoms with Gasteiger partial charge in [-0.3, -0.25) is 28.6 Å². The number of anilines is 2. The molecule has 2 fully saturated rings. The Morgan fingerprint density at radius 2 is 1.46 bits per heavy atom. The third-order valence-electron chi connectivity index (χ3n) is 10.0. The van der Waals surface area contributed by atoms with Crippen molar-refractivity contribution in [3.63, 3.8) is 0 Å². The van der Waals surface area contributed by atoms with Crippen LogP contribution in [0.5, 0.6) is 0 Å². The third-order valence-corrected chi connectivity index (χ3v) is 12.7. The second kappa shape index (κ2) is 14.7. The first-order valence-corrected chi connectivity index (χ1v) is 19.5. The number of carboxylic acids is 2. The molecule has 1 aliphatic carbocycles. The maximum atomic E-state index is 13.6. The molecule has 0 spiro atoms. The van der Waals surface area contributed by atoms with Crippen molar-refractivity contribution in [1.82, 2.24) is 9.47 Å². The lowest BCUT2D eigenvalue weighted by Crippen LogP contribution is -2.36. The molecule has 1 amide bonds. The SMILES string of the molecule is O=C(O)CN1C(=O)/C(=c2/s/c(=C/c3ccc4c(c3)C3CCCC3N4c3ccc(C=C(c4ccccc4)c4ccccc4)cc3)c(=O)n2CC(=O)O)SC1=S. The highest BCUT2D eigenvalue weighted by atomic mass is 32.2. The number of thiazole rings is 1. The summed E-state index contributed by atoms with van der Waals surface area (Å²) in [5, 5.41) is 18.9. The van der Waals surface area contributed by atoms with Crippen LogP contribution in [0.1, 0.15) is 53.0 Å². The molecule has 270 valence electrons. The highest BCUT2D eigenvalue weighted by Gasteiger charge is 2.42. The van der Waals surface area contributed by atoms with Crippen LogP contribution in [-0.2, 0) is 20.9 Å². The van der Waals surface area contributed by atoms with Crippen molar-refractivity contribution in [2.45, 2.75) is 37.8 Å². The third kappa shape index (κ3) is 6.72. The zero-order valence-corrected chi connectivity index (χ0v) is 31.2. The fraction of sp³-hybridized carbons (Fsp3) is 0.167. The summed E-state index contributed by atoms with van der Waals surface area (Å²) < 4.78 is 1.49. The van der Waals surface area contributed by atoms with Crippen LogP contribution in [0.4, 0.5) is 11.4 Å². The molecule has 1 aromatic heterocycles. The maximum absolute atomic E-state index is 13.6. The molecule has 4 aromatic carbocycles. The number of carbonyl (C=O) groups is 3. The molecule has 5 aromatic rings. The molecule has 1 saturated heterocycles. The van der Waals surface area contributed by atoms with E-state index < -0.39 is 36.5 Å². The Morgan fingerprint density at radius 3 is 2.11 bits per heavy atom. The molecule has 2 atom stereocenters. The highest BCUT2D eigenvalue weighted by molar-refractivity contribution is 8.30. The van der Waals surface area contributed by atoms with Gasteiger partial charge in [0.25, 0.3) is 11.5 Å². The topological polar surface area (TPSA) is 120 Å². The monoisotopic (exact) mass is 771 g/mol. The number of benzene rings is 4. The van der Waals surface area contributed by atoms with E-state index in [0.717, 1.165) is 91.0 Å². The van der Waals surface area contributed by atoms with E-state index in [0.29, 0.717) is 12.0 Å². The van der Waals surface area contributed by atoms with Crippen molar-refractivity contribution in [3.8, 4) is 0 Å². The molecule has 0 radical (unpaired) electrons. The van der Waals surface area contributed by atoms with Crippen LogP contribution < -0.4 is 19.7 Å². The number of aliphatic carboxylic acids is 2. The Balaban J connectivity index is 1.14. The molecule has 12 heteroatoms. The lowest BCUT2D eigenvalue weighted by atomic mass is 9.95. The number of hydrogen-bond donors (Lipinski definition) is 2. The first-order chi connectivity index (χ1) is 26.2. The minimum Gasteiger partial charge on any atom is -0.480 e. The van der Waals surface area contributed by atoms with Crippen molar-refractivity contribution in [2.75, 3.05) is 11.4 Å². The number of rotatable bonds is 9. The molecule has 2 N–H and O–H groups in total. The Bertz CT molecular complexity index is 2500. The Hall–Kier alpha value is -5.56. The standard InChI is InChI=1S/C42H33N3O6S3/c46-36(47)23-43-39(50)35(53-41(43)38-40(51)44(24-37(48)49)42(52)54-38)22-26-16-19-34-32(21-26)30-12-7-13-33(30)45(34)29-17-14-25(15-18-29)20-31(27-8-3-1-4-9-27)28-10-5-2-6-11-28/h1-6,8-11,14-22,30,33H,7,12-13,23-24H2,(H,46,47)(H,48,49)/b35-22+,41-38-. The zero-order valence-electron chi connectivity index (χ0n) is 28.8. The fourth-order valence-corrected chi connectivity index (χ4v) is 10.2. The fourth-order valence-electron chi connectivity index (χ4n) is 7.68. The number of hydrogen-bond acceptors (Lipinski definition) is 8. The highest BCUT2D eigenvalue weighted by Crippen LogP contribution is 2.52. The van der Waals surface area contributed by atoms with Crippen LogP contribution in [0.25, 0.3) is 22.6 Å². The lowest BCUT2D eigenvalue weighted by Gasteiger charge is -2.27. The first-order valence-electron chi connectivity index (χ1n) is 17.4. The summed E-state index contributed by atoms with van der Waals surface area (Å²) in [6, 6.07) is 36.0. The maximum Gasteiger partial charge on any atom is 0.323 e. The largest absolute Gasteiger partial charge is 0.480 e. The van der Waals surface area contributed by atoms with E-state index in [4.69, 9.17) is 12.2 Å². The van der Waals surface area contributed by atoms with Crippen LogP contribution in [0.15, 0.2) is 108 Å². The molecule has 0 bridgehead atoms. The second-order valence-electron chi connectivity index (χ2n) is 13.4. The molecule has 2 aliphatic heterocycles. The van der Waals surface area contributed by atoms with Crippen molar-refractivity contribution >= 4 is 91.5 Å². The van der Waals surface area contributed by atoms with Gasteiger partial charge in [-0.15, -0.1) is 11.3 Å². The van der Waals surface area contributed by atoms with Crippen molar-refractivity contribution in [2.24, 2.45) is 0 Å². The van der Waals surface area contributed by atoms with E-state index in [2.05, 4.69) is 95.9 Å². The van der Waals surface area contributed by atoms with Gasteiger partial charge < -0.3 is 15.1 Å². The van der Waals surface area contributed by atoms with Gasteiger partial charge in [0, 0.05) is 23.3 Å². The summed E-state index contributed by atoms with van der Waals surface area (Å²) in [6.45, 7) is -1.28. The number of thiocarbonyl (C=S) groups is 1. The van der Waals surface area contributed by atoms with Gasteiger partial charge in [0.1, 0.15) is 27.0 Å². The van der Waals surface area contributed by atoms with Crippen LogP contribution >= 0.6 is 35.3 Å². The van der Waals surface area contributed by atoms with E-state index in [1.54, 1.807) is 6.08 Å². The average Bonchev–Trinajstić information content (AvgIpc) is 3.91. The normalized spacial score (nSPS) is 18.9. The number of fused-ring (bicyclic) bond motifs is 3. The van der Waals surface area contributed by atoms with Gasteiger partial charge in [-0.05, 0) is 82.6 Å². The van der Waals surface area contributed by atoms with E-state index in [1.807, 2.05) is 18.2 Å². The van der Waals surface area contributed by atoms with Gasteiger partial charge in [-0.1, -0.05) is 109 Å². The molecule has 9 nitrogen and oxygen atoms in total. The summed E-state index contributed by atoms with van der Waals surface area (Å²) >= 11 is 7.12. The van der Waals surface area contributed by atoms with Gasteiger partial charge in [0.15, 0.2) is 0 Å². The smallest absolute Gasteiger partial charge is 0.323 e. The second-order valence-corrected chi connectivity index (χ2v) is 16.0. The van der Waals surface area contributed by atoms with Crippen LogP contribution in [-0.4, -0.2) is 54.4 Å². The summed E-state index contributed by atoms with van der Waals surface area (Å²) in [6.07, 6.45) is 7.18. The summed E-state index contributed by atoms with van der Waals surface area (Å²) in [5.74, 6) is -2.82. The van der Waals surface area contributed by atoms with Crippen LogP contribution in [0, 0.1) is 0 Å². The van der Waals surface area contributed by atoms with Gasteiger partial charge in [0.05, 0.1) is 4.53 Å². The summed E-state index contributed by atoms with van der Waals surface area (Å²) in [5.41, 5.74) is 8.26. The predicted octanol–water partition coefficient (Wildman–Crippen LogP) is 6.25. The van der Waals surface area contributed by atoms with Crippen LogP contribution in [0.2, 0.25) is 0 Å². The summed E-state index contributed by atoms with van der Waals surface area (Å²) in [4.78, 5) is 53.4. The molecule has 54 heavy (non-hydrogen) atoms.